The molecule has 20 heavy (non-hydrogen) atoms. The van der Waals surface area contributed by atoms with Crippen molar-refractivity contribution in [1.82, 2.24) is 5.32 Å². The third kappa shape index (κ3) is 3.79. The molecule has 2 rings (SSSR count). The normalized spacial score (nSPS) is 15.7. The lowest BCUT2D eigenvalue weighted by Crippen LogP contribution is -2.39. The molecule has 0 spiro atoms. The lowest BCUT2D eigenvalue weighted by atomic mass is 9.89. The number of nitrogens with one attached hydrogen (secondary N) is 2. The van der Waals surface area contributed by atoms with Crippen molar-refractivity contribution in [3.63, 3.8) is 0 Å². The van der Waals surface area contributed by atoms with Gasteiger partial charge in [0.1, 0.15) is 0 Å². The third-order valence-corrected chi connectivity index (χ3v) is 4.27. The van der Waals surface area contributed by atoms with Gasteiger partial charge in [0.25, 0.3) is 0 Å². The van der Waals surface area contributed by atoms with Crippen molar-refractivity contribution in [2.75, 3.05) is 5.32 Å². The van der Waals surface area contributed by atoms with Crippen LogP contribution in [-0.2, 0) is 4.79 Å². The molecule has 1 aromatic rings. The van der Waals surface area contributed by atoms with Gasteiger partial charge >= 0.3 is 0 Å². The molecular formula is C16H22N2OS. The molecule has 4 heteroatoms. The number of hydrogen-bond donors (Lipinski definition) is 2. The summed E-state index contributed by atoms with van der Waals surface area (Å²) in [5, 5.41) is 6.34. The molecule has 0 aromatic heterocycles. The van der Waals surface area contributed by atoms with Crippen molar-refractivity contribution >= 4 is 28.9 Å². The molecule has 0 bridgehead atoms. The summed E-state index contributed by atoms with van der Waals surface area (Å²) in [4.78, 5) is 12.1. The Labute approximate surface area is 126 Å². The van der Waals surface area contributed by atoms with Crippen molar-refractivity contribution in [2.24, 2.45) is 5.92 Å². The van der Waals surface area contributed by atoms with E-state index in [4.69, 9.17) is 12.2 Å². The van der Waals surface area contributed by atoms with E-state index in [1.54, 1.807) is 0 Å². The standard InChI is InChI=1S/C16H22N2OS/c1-11-7-6-10-14(12(11)2)17-16(20)18-15(19)13-8-4-3-5-9-13/h6-7,10,13H,3-5,8-9H2,1-2H3,(H2,17,18,19,20). The molecule has 0 saturated heterocycles. The number of anilines is 1. The molecule has 1 saturated carbocycles. The van der Waals surface area contributed by atoms with Gasteiger partial charge in [-0.25, -0.2) is 0 Å². The van der Waals surface area contributed by atoms with Crippen molar-refractivity contribution in [2.45, 2.75) is 46.0 Å². The van der Waals surface area contributed by atoms with E-state index < -0.39 is 0 Å². The minimum atomic E-state index is 0.0625. The van der Waals surface area contributed by atoms with E-state index in [9.17, 15) is 4.79 Å². The third-order valence-electron chi connectivity index (χ3n) is 4.07. The Hall–Kier alpha value is -1.42. The molecule has 1 aliphatic carbocycles. The van der Waals surface area contributed by atoms with E-state index in [2.05, 4.69) is 23.6 Å². The highest BCUT2D eigenvalue weighted by Crippen LogP contribution is 2.23. The molecule has 1 fully saturated rings. The molecule has 1 aliphatic rings. The van der Waals surface area contributed by atoms with Gasteiger partial charge in [0.15, 0.2) is 5.11 Å². The molecule has 0 radical (unpaired) electrons. The Morgan fingerprint density at radius 3 is 2.60 bits per heavy atom. The van der Waals surface area contributed by atoms with Crippen LogP contribution in [0.4, 0.5) is 5.69 Å². The van der Waals surface area contributed by atoms with E-state index in [0.29, 0.717) is 5.11 Å². The molecule has 108 valence electrons. The lowest BCUT2D eigenvalue weighted by molar-refractivity contribution is -0.124. The van der Waals surface area contributed by atoms with Crippen LogP contribution >= 0.6 is 12.2 Å². The van der Waals surface area contributed by atoms with Crippen LogP contribution in [0.25, 0.3) is 0 Å². The van der Waals surface area contributed by atoms with Crippen LogP contribution in [0, 0.1) is 19.8 Å². The molecule has 2 N–H and O–H groups in total. The first kappa shape index (κ1) is 15.0. The van der Waals surface area contributed by atoms with Gasteiger partial charge in [-0.3, -0.25) is 4.79 Å². The van der Waals surface area contributed by atoms with E-state index in [-0.39, 0.29) is 11.8 Å². The highest BCUT2D eigenvalue weighted by Gasteiger charge is 2.21. The molecule has 0 atom stereocenters. The topological polar surface area (TPSA) is 41.1 Å². The molecule has 1 amide bonds. The summed E-state index contributed by atoms with van der Waals surface area (Å²) >= 11 is 5.24. The van der Waals surface area contributed by atoms with Gasteiger partial charge in [0, 0.05) is 11.6 Å². The fourth-order valence-electron chi connectivity index (χ4n) is 2.62. The Bertz CT molecular complexity index is 507. The predicted octanol–water partition coefficient (Wildman–Crippen LogP) is 3.70. The number of aryl methyl sites for hydroxylation is 1. The van der Waals surface area contributed by atoms with Crippen LogP contribution < -0.4 is 10.6 Å². The molecule has 0 aliphatic heterocycles. The van der Waals surface area contributed by atoms with Gasteiger partial charge in [0.2, 0.25) is 5.91 Å². The fraction of sp³-hybridized carbons (Fsp3) is 0.500. The van der Waals surface area contributed by atoms with Crippen LogP contribution in [0.1, 0.15) is 43.2 Å². The summed E-state index contributed by atoms with van der Waals surface area (Å²) in [7, 11) is 0. The summed E-state index contributed by atoms with van der Waals surface area (Å²) in [5.74, 6) is 0.189. The van der Waals surface area contributed by atoms with Crippen molar-refractivity contribution in [3.8, 4) is 0 Å². The second-order valence-electron chi connectivity index (χ2n) is 5.53. The van der Waals surface area contributed by atoms with Crippen molar-refractivity contribution < 1.29 is 4.79 Å². The number of amides is 1. The summed E-state index contributed by atoms with van der Waals surface area (Å²) in [6.45, 7) is 4.10. The second-order valence-corrected chi connectivity index (χ2v) is 5.93. The lowest BCUT2D eigenvalue weighted by Gasteiger charge is -2.21. The van der Waals surface area contributed by atoms with Crippen molar-refractivity contribution in [1.29, 1.82) is 0 Å². The summed E-state index contributed by atoms with van der Waals surface area (Å²) in [5.41, 5.74) is 3.32. The first-order valence-electron chi connectivity index (χ1n) is 7.26. The molecule has 3 nitrogen and oxygen atoms in total. The first-order valence-corrected chi connectivity index (χ1v) is 7.67. The summed E-state index contributed by atoms with van der Waals surface area (Å²) < 4.78 is 0. The maximum Gasteiger partial charge on any atom is 0.229 e. The Morgan fingerprint density at radius 2 is 1.90 bits per heavy atom. The Balaban J connectivity index is 1.91. The van der Waals surface area contributed by atoms with Gasteiger partial charge in [-0.15, -0.1) is 0 Å². The Morgan fingerprint density at radius 1 is 1.20 bits per heavy atom. The van der Waals surface area contributed by atoms with Gasteiger partial charge in [-0.1, -0.05) is 31.4 Å². The number of rotatable bonds is 2. The summed E-state index contributed by atoms with van der Waals surface area (Å²) in [6, 6.07) is 6.02. The van der Waals surface area contributed by atoms with E-state index in [0.717, 1.165) is 36.9 Å². The van der Waals surface area contributed by atoms with Gasteiger partial charge < -0.3 is 10.6 Å². The second kappa shape index (κ2) is 6.84. The molecule has 1 aromatic carbocycles. The van der Waals surface area contributed by atoms with Crippen molar-refractivity contribution in [3.05, 3.63) is 29.3 Å². The highest BCUT2D eigenvalue weighted by molar-refractivity contribution is 7.80. The summed E-state index contributed by atoms with van der Waals surface area (Å²) in [6.07, 6.45) is 5.51. The number of carbonyl (C=O) groups is 1. The van der Waals surface area contributed by atoms with E-state index in [1.807, 2.05) is 19.1 Å². The fourth-order valence-corrected chi connectivity index (χ4v) is 2.83. The first-order chi connectivity index (χ1) is 9.58. The zero-order valence-corrected chi connectivity index (χ0v) is 13.0. The number of thiocarbonyl (C=S) groups is 1. The predicted molar refractivity (Wildman–Crippen MR) is 86.9 cm³/mol. The maximum absolute atomic E-state index is 12.1. The molecule has 0 heterocycles. The van der Waals surface area contributed by atoms with Crippen LogP contribution in [0.5, 0.6) is 0 Å². The molecule has 0 unspecified atom stereocenters. The Kier molecular flexibility index (Phi) is 5.12. The minimum absolute atomic E-state index is 0.0625. The smallest absolute Gasteiger partial charge is 0.229 e. The van der Waals surface area contributed by atoms with Crippen LogP contribution in [-0.4, -0.2) is 11.0 Å². The number of carbonyl (C=O) groups excluding carboxylic acids is 1. The largest absolute Gasteiger partial charge is 0.332 e. The van der Waals surface area contributed by atoms with Gasteiger partial charge in [-0.2, -0.15) is 0 Å². The SMILES string of the molecule is Cc1cccc(NC(=S)NC(=O)C2CCCCC2)c1C. The average molecular weight is 290 g/mol. The van der Waals surface area contributed by atoms with Crippen LogP contribution in [0.3, 0.4) is 0 Å². The van der Waals surface area contributed by atoms with Gasteiger partial charge in [0.05, 0.1) is 0 Å². The monoisotopic (exact) mass is 290 g/mol. The van der Waals surface area contributed by atoms with E-state index >= 15 is 0 Å². The minimum Gasteiger partial charge on any atom is -0.332 e. The van der Waals surface area contributed by atoms with Crippen LogP contribution in [0.2, 0.25) is 0 Å². The number of hydrogen-bond acceptors (Lipinski definition) is 2. The quantitative estimate of drug-likeness (QED) is 0.816. The average Bonchev–Trinajstić information content (AvgIpc) is 2.45. The maximum atomic E-state index is 12.1. The number of benzene rings is 1. The zero-order valence-electron chi connectivity index (χ0n) is 12.2. The highest BCUT2D eigenvalue weighted by atomic mass is 32.1. The van der Waals surface area contributed by atoms with Crippen LogP contribution in [0.15, 0.2) is 18.2 Å². The van der Waals surface area contributed by atoms with Gasteiger partial charge in [-0.05, 0) is 56.1 Å². The van der Waals surface area contributed by atoms with E-state index in [1.165, 1.54) is 12.0 Å². The zero-order chi connectivity index (χ0) is 14.5. The molecular weight excluding hydrogens is 268 g/mol.